The summed E-state index contributed by atoms with van der Waals surface area (Å²) in [6, 6.07) is 22.3. The lowest BCUT2D eigenvalue weighted by Gasteiger charge is -2.37. The van der Waals surface area contributed by atoms with Crippen LogP contribution in [0.3, 0.4) is 0 Å². The van der Waals surface area contributed by atoms with Crippen LogP contribution in [-0.4, -0.2) is 6.61 Å². The monoisotopic (exact) mass is 341 g/mol. The maximum atomic E-state index is 5.73. The molecule has 1 N–H and O–H groups in total. The average Bonchev–Trinajstić information content (AvgIpc) is 3.17. The van der Waals surface area contributed by atoms with Gasteiger partial charge in [-0.2, -0.15) is 0 Å². The van der Waals surface area contributed by atoms with Gasteiger partial charge in [-0.15, -0.1) is 0 Å². The van der Waals surface area contributed by atoms with Gasteiger partial charge in [0.2, 0.25) is 0 Å². The molecule has 2 heteroatoms. The molecule has 130 valence electrons. The third-order valence-corrected chi connectivity index (χ3v) is 5.78. The molecular formula is C24H23NO. The molecule has 3 aromatic rings. The number of benzene rings is 3. The molecule has 0 saturated carbocycles. The lowest BCUT2D eigenvalue weighted by molar-refractivity contribution is 0.338. The van der Waals surface area contributed by atoms with E-state index in [1.807, 2.05) is 6.92 Å². The highest BCUT2D eigenvalue weighted by molar-refractivity contribution is 5.83. The molecule has 3 atom stereocenters. The van der Waals surface area contributed by atoms with Crippen molar-refractivity contribution in [2.24, 2.45) is 5.92 Å². The Morgan fingerprint density at radius 2 is 1.88 bits per heavy atom. The zero-order valence-electron chi connectivity index (χ0n) is 15.0. The molecule has 2 aliphatic rings. The highest BCUT2D eigenvalue weighted by Crippen LogP contribution is 2.50. The standard InChI is InChI=1S/C24H23NO/c1-2-26-19-12-13-23-22(15-19)20-8-5-9-21(20)24(25-23)18-11-10-16-6-3-4-7-17(16)14-18/h3-8,10-15,20-21,24-25H,2,9H2,1H3. The highest BCUT2D eigenvalue weighted by Gasteiger charge is 2.38. The summed E-state index contributed by atoms with van der Waals surface area (Å²) < 4.78 is 5.73. The largest absolute Gasteiger partial charge is 0.494 e. The van der Waals surface area contributed by atoms with Gasteiger partial charge in [0.15, 0.2) is 0 Å². The van der Waals surface area contributed by atoms with Gasteiger partial charge < -0.3 is 10.1 Å². The Morgan fingerprint density at radius 3 is 2.77 bits per heavy atom. The molecule has 0 bridgehead atoms. The first-order valence-electron chi connectivity index (χ1n) is 9.52. The van der Waals surface area contributed by atoms with Crippen LogP contribution in [0.5, 0.6) is 5.75 Å². The minimum absolute atomic E-state index is 0.338. The van der Waals surface area contributed by atoms with Crippen LogP contribution in [0.15, 0.2) is 72.8 Å². The fourth-order valence-electron chi connectivity index (χ4n) is 4.56. The van der Waals surface area contributed by atoms with E-state index in [-0.39, 0.29) is 0 Å². The van der Waals surface area contributed by atoms with Crippen molar-refractivity contribution >= 4 is 16.5 Å². The Balaban J connectivity index is 1.56. The van der Waals surface area contributed by atoms with Crippen molar-refractivity contribution in [2.75, 3.05) is 11.9 Å². The Bertz CT molecular complexity index is 990. The third-order valence-electron chi connectivity index (χ3n) is 5.78. The molecule has 1 aliphatic carbocycles. The second-order valence-electron chi connectivity index (χ2n) is 7.26. The van der Waals surface area contributed by atoms with Crippen LogP contribution < -0.4 is 10.1 Å². The molecule has 0 fully saturated rings. The molecule has 0 aromatic heterocycles. The Morgan fingerprint density at radius 1 is 1.00 bits per heavy atom. The van der Waals surface area contributed by atoms with E-state index in [0.717, 1.165) is 12.2 Å². The SMILES string of the molecule is CCOc1ccc2c(c1)C1C=CCC1C(c1ccc3ccccc3c1)N2. The number of hydrogen-bond donors (Lipinski definition) is 1. The van der Waals surface area contributed by atoms with Crippen LogP contribution in [0.25, 0.3) is 10.8 Å². The number of allylic oxidation sites excluding steroid dienone is 2. The van der Waals surface area contributed by atoms with Crippen molar-refractivity contribution in [1.29, 1.82) is 0 Å². The molecule has 0 spiro atoms. The summed E-state index contributed by atoms with van der Waals surface area (Å²) in [6.45, 7) is 2.74. The zero-order valence-corrected chi connectivity index (χ0v) is 15.0. The number of hydrogen-bond acceptors (Lipinski definition) is 2. The lowest BCUT2D eigenvalue weighted by Crippen LogP contribution is -2.29. The maximum absolute atomic E-state index is 5.73. The van der Waals surface area contributed by atoms with Crippen molar-refractivity contribution in [3.63, 3.8) is 0 Å². The van der Waals surface area contributed by atoms with Gasteiger partial charge in [-0.25, -0.2) is 0 Å². The van der Waals surface area contributed by atoms with E-state index >= 15 is 0 Å². The molecule has 3 aromatic carbocycles. The van der Waals surface area contributed by atoms with Crippen molar-refractivity contribution in [3.8, 4) is 5.75 Å². The summed E-state index contributed by atoms with van der Waals surface area (Å²) in [5.41, 5.74) is 3.98. The second kappa shape index (κ2) is 6.21. The Labute approximate surface area is 154 Å². The molecule has 3 unspecified atom stereocenters. The van der Waals surface area contributed by atoms with Gasteiger partial charge in [-0.3, -0.25) is 0 Å². The van der Waals surface area contributed by atoms with Crippen molar-refractivity contribution in [1.82, 2.24) is 0 Å². The minimum Gasteiger partial charge on any atom is -0.494 e. The summed E-state index contributed by atoms with van der Waals surface area (Å²) in [4.78, 5) is 0. The Kier molecular flexibility index (Phi) is 3.70. The molecule has 1 aliphatic heterocycles. The normalized spacial score (nSPS) is 23.3. The Hall–Kier alpha value is -2.74. The van der Waals surface area contributed by atoms with Gasteiger partial charge in [0, 0.05) is 11.6 Å². The van der Waals surface area contributed by atoms with Crippen LogP contribution in [0.2, 0.25) is 0 Å². The molecule has 1 heterocycles. The molecule has 2 nitrogen and oxygen atoms in total. The first-order chi connectivity index (χ1) is 12.8. The molecular weight excluding hydrogens is 318 g/mol. The van der Waals surface area contributed by atoms with E-state index in [2.05, 4.69) is 78.1 Å². The molecule has 0 amide bonds. The number of anilines is 1. The van der Waals surface area contributed by atoms with Crippen molar-refractivity contribution < 1.29 is 4.74 Å². The highest BCUT2D eigenvalue weighted by atomic mass is 16.5. The second-order valence-corrected chi connectivity index (χ2v) is 7.26. The number of ether oxygens (including phenoxy) is 1. The summed E-state index contributed by atoms with van der Waals surface area (Å²) in [5.74, 6) is 1.99. The maximum Gasteiger partial charge on any atom is 0.119 e. The summed E-state index contributed by atoms with van der Waals surface area (Å²) >= 11 is 0. The predicted molar refractivity (Wildman–Crippen MR) is 108 cm³/mol. The van der Waals surface area contributed by atoms with Gasteiger partial charge >= 0.3 is 0 Å². The van der Waals surface area contributed by atoms with Crippen LogP contribution in [-0.2, 0) is 0 Å². The molecule has 0 saturated heterocycles. The number of nitrogens with one attached hydrogen (secondary N) is 1. The summed E-state index contributed by atoms with van der Waals surface area (Å²) in [7, 11) is 0. The predicted octanol–water partition coefficient (Wildman–Crippen LogP) is 6.07. The topological polar surface area (TPSA) is 21.3 Å². The van der Waals surface area contributed by atoms with Gasteiger partial charge in [-0.05, 0) is 65.4 Å². The fourth-order valence-corrected chi connectivity index (χ4v) is 4.56. The zero-order chi connectivity index (χ0) is 17.5. The first-order valence-corrected chi connectivity index (χ1v) is 9.52. The van der Waals surface area contributed by atoms with Crippen LogP contribution >= 0.6 is 0 Å². The van der Waals surface area contributed by atoms with Gasteiger partial charge in [0.05, 0.1) is 12.6 Å². The summed E-state index contributed by atoms with van der Waals surface area (Å²) in [6.07, 6.45) is 5.84. The van der Waals surface area contributed by atoms with Crippen molar-refractivity contribution in [3.05, 3.63) is 83.9 Å². The molecule has 26 heavy (non-hydrogen) atoms. The number of rotatable bonds is 3. The van der Waals surface area contributed by atoms with E-state index in [4.69, 9.17) is 4.74 Å². The van der Waals surface area contributed by atoms with Crippen LogP contribution in [0.4, 0.5) is 5.69 Å². The number of fused-ring (bicyclic) bond motifs is 4. The van der Waals surface area contributed by atoms with E-state index < -0.39 is 0 Å². The van der Waals surface area contributed by atoms with Crippen LogP contribution in [0.1, 0.15) is 36.4 Å². The van der Waals surface area contributed by atoms with Crippen LogP contribution in [0, 0.1) is 5.92 Å². The van der Waals surface area contributed by atoms with Crippen molar-refractivity contribution in [2.45, 2.75) is 25.3 Å². The quantitative estimate of drug-likeness (QED) is 0.584. The van der Waals surface area contributed by atoms with E-state index in [1.54, 1.807) is 0 Å². The minimum atomic E-state index is 0.338. The molecule has 5 rings (SSSR count). The van der Waals surface area contributed by atoms with Gasteiger partial charge in [-0.1, -0.05) is 48.6 Å². The van der Waals surface area contributed by atoms with Gasteiger partial charge in [0.25, 0.3) is 0 Å². The van der Waals surface area contributed by atoms with Gasteiger partial charge in [0.1, 0.15) is 5.75 Å². The average molecular weight is 341 g/mol. The molecule has 0 radical (unpaired) electrons. The first kappa shape index (κ1) is 15.5. The lowest BCUT2D eigenvalue weighted by atomic mass is 9.77. The third kappa shape index (κ3) is 2.48. The van der Waals surface area contributed by atoms with E-state index in [0.29, 0.717) is 24.5 Å². The fraction of sp³-hybridized carbons (Fsp3) is 0.250. The van der Waals surface area contributed by atoms with E-state index in [1.165, 1.54) is 27.6 Å². The summed E-state index contributed by atoms with van der Waals surface area (Å²) in [5, 5.41) is 6.44. The smallest absolute Gasteiger partial charge is 0.119 e. The van der Waals surface area contributed by atoms with E-state index in [9.17, 15) is 0 Å².